The van der Waals surface area contributed by atoms with Gasteiger partial charge in [0.2, 0.25) is 5.78 Å². The Balaban J connectivity index is 2.70. The molecule has 0 saturated heterocycles. The maximum Gasteiger partial charge on any atom is 0.216 e. The summed E-state index contributed by atoms with van der Waals surface area (Å²) in [6.07, 6.45) is 0.754. The molecule has 1 aromatic rings. The molecule has 0 saturated carbocycles. The van der Waals surface area contributed by atoms with Crippen molar-refractivity contribution in [2.45, 2.75) is 20.3 Å². The largest absolute Gasteiger partial charge is 0.389 e. The summed E-state index contributed by atoms with van der Waals surface area (Å²) in [6.45, 7) is 4.43. The molecule has 0 fully saturated rings. The minimum absolute atomic E-state index is 0.0899. The van der Waals surface area contributed by atoms with Crippen LogP contribution in [0.1, 0.15) is 29.3 Å². The monoisotopic (exact) mass is 214 g/mol. The summed E-state index contributed by atoms with van der Waals surface area (Å²) < 4.78 is 5.01. The quantitative estimate of drug-likeness (QED) is 0.754. The number of nitrogens with two attached hydrogens (primary N) is 1. The van der Waals surface area contributed by atoms with Crippen molar-refractivity contribution in [1.29, 1.82) is 0 Å². The molecule has 0 aromatic carbocycles. The molecular weight excluding hydrogens is 200 g/mol. The van der Waals surface area contributed by atoms with Crippen LogP contribution >= 0.6 is 11.3 Å². The van der Waals surface area contributed by atoms with Crippen molar-refractivity contribution in [1.82, 2.24) is 4.98 Å². The highest BCUT2D eigenvalue weighted by atomic mass is 32.1. The van der Waals surface area contributed by atoms with Crippen LogP contribution in [0.4, 0.5) is 5.00 Å². The maximum atomic E-state index is 11.5. The Morgan fingerprint density at radius 2 is 2.29 bits per heavy atom. The first-order chi connectivity index (χ1) is 6.69. The fourth-order valence-electron chi connectivity index (χ4n) is 0.993. The number of Topliss-reactive ketones (excluding diaryl/α,β-unsaturated/α-hetero) is 1. The fraction of sp³-hybridized carbons (Fsp3) is 0.556. The SMILES string of the molecule is CCOCC(=O)c1nc(CC)c(N)s1. The summed E-state index contributed by atoms with van der Waals surface area (Å²) in [5.41, 5.74) is 6.48. The fourth-order valence-corrected chi connectivity index (χ4v) is 1.84. The number of carbonyl (C=O) groups excluding carboxylic acids is 1. The van der Waals surface area contributed by atoms with Crippen molar-refractivity contribution in [3.05, 3.63) is 10.7 Å². The Bertz CT molecular complexity index is 323. The third kappa shape index (κ3) is 2.52. The molecule has 0 unspecified atom stereocenters. The summed E-state index contributed by atoms with van der Waals surface area (Å²) in [6, 6.07) is 0. The maximum absolute atomic E-state index is 11.5. The van der Waals surface area contributed by atoms with E-state index in [2.05, 4.69) is 4.98 Å². The summed E-state index contributed by atoms with van der Waals surface area (Å²) in [5.74, 6) is -0.0942. The van der Waals surface area contributed by atoms with Crippen LogP contribution in [0, 0.1) is 0 Å². The Morgan fingerprint density at radius 1 is 1.57 bits per heavy atom. The lowest BCUT2D eigenvalue weighted by Crippen LogP contribution is -2.08. The highest BCUT2D eigenvalue weighted by Crippen LogP contribution is 2.21. The van der Waals surface area contributed by atoms with E-state index in [1.807, 2.05) is 13.8 Å². The predicted octanol–water partition coefficient (Wildman–Crippen LogP) is 1.51. The van der Waals surface area contributed by atoms with E-state index in [0.717, 1.165) is 12.1 Å². The number of hydrogen-bond donors (Lipinski definition) is 1. The number of rotatable bonds is 5. The number of nitrogens with zero attached hydrogens (tertiary/aromatic N) is 1. The summed E-state index contributed by atoms with van der Waals surface area (Å²) in [4.78, 5) is 15.6. The molecular formula is C9H14N2O2S. The van der Waals surface area contributed by atoms with Gasteiger partial charge in [-0.1, -0.05) is 18.3 Å². The number of hydrogen-bond acceptors (Lipinski definition) is 5. The highest BCUT2D eigenvalue weighted by Gasteiger charge is 2.13. The van der Waals surface area contributed by atoms with Gasteiger partial charge in [-0.25, -0.2) is 4.98 Å². The standard InChI is InChI=1S/C9H14N2O2S/c1-3-6-8(10)14-9(11-6)7(12)5-13-4-2/h3-5,10H2,1-2H3. The number of aromatic nitrogens is 1. The molecule has 1 rings (SSSR count). The van der Waals surface area contributed by atoms with Gasteiger partial charge in [-0.3, -0.25) is 4.79 Å². The van der Waals surface area contributed by atoms with E-state index in [1.54, 1.807) is 0 Å². The molecule has 0 radical (unpaired) electrons. The van der Waals surface area contributed by atoms with Gasteiger partial charge in [0.1, 0.15) is 11.6 Å². The first-order valence-corrected chi connectivity index (χ1v) is 5.36. The van der Waals surface area contributed by atoms with Gasteiger partial charge in [-0.2, -0.15) is 0 Å². The van der Waals surface area contributed by atoms with Crippen molar-refractivity contribution in [3.63, 3.8) is 0 Å². The van der Waals surface area contributed by atoms with Crippen molar-refractivity contribution < 1.29 is 9.53 Å². The molecule has 0 aliphatic heterocycles. The molecule has 14 heavy (non-hydrogen) atoms. The molecule has 0 amide bonds. The Kier molecular flexibility index (Phi) is 4.03. The van der Waals surface area contributed by atoms with Crippen LogP contribution in [0.15, 0.2) is 0 Å². The minimum atomic E-state index is -0.0942. The molecule has 0 bridgehead atoms. The first-order valence-electron chi connectivity index (χ1n) is 4.55. The van der Waals surface area contributed by atoms with Gasteiger partial charge in [-0.15, -0.1) is 0 Å². The average molecular weight is 214 g/mol. The smallest absolute Gasteiger partial charge is 0.216 e. The molecule has 0 spiro atoms. The lowest BCUT2D eigenvalue weighted by atomic mass is 10.3. The number of carbonyl (C=O) groups is 1. The van der Waals surface area contributed by atoms with Crippen LogP contribution in [-0.4, -0.2) is 24.0 Å². The predicted molar refractivity (Wildman–Crippen MR) is 56.7 cm³/mol. The number of nitrogen functional groups attached to an aromatic ring is 1. The third-order valence-corrected chi connectivity index (χ3v) is 2.71. The van der Waals surface area contributed by atoms with Gasteiger partial charge < -0.3 is 10.5 Å². The van der Waals surface area contributed by atoms with Gasteiger partial charge in [0.25, 0.3) is 0 Å². The lowest BCUT2D eigenvalue weighted by molar-refractivity contribution is 0.0783. The zero-order chi connectivity index (χ0) is 10.6. The lowest BCUT2D eigenvalue weighted by Gasteiger charge is -1.95. The zero-order valence-corrected chi connectivity index (χ0v) is 9.19. The van der Waals surface area contributed by atoms with Crippen molar-refractivity contribution >= 4 is 22.1 Å². The number of anilines is 1. The highest BCUT2D eigenvalue weighted by molar-refractivity contribution is 7.17. The third-order valence-electron chi connectivity index (χ3n) is 1.74. The summed E-state index contributed by atoms with van der Waals surface area (Å²) in [7, 11) is 0. The molecule has 0 aliphatic rings. The van der Waals surface area contributed by atoms with E-state index in [4.69, 9.17) is 10.5 Å². The molecule has 5 heteroatoms. The van der Waals surface area contributed by atoms with Gasteiger partial charge in [0, 0.05) is 6.61 Å². The number of ketones is 1. The average Bonchev–Trinajstić information content (AvgIpc) is 2.56. The van der Waals surface area contributed by atoms with Gasteiger partial charge >= 0.3 is 0 Å². The van der Waals surface area contributed by atoms with Crippen LogP contribution in [0.25, 0.3) is 0 Å². The number of aryl methyl sites for hydroxylation is 1. The van der Waals surface area contributed by atoms with Crippen LogP contribution < -0.4 is 5.73 Å². The second kappa shape index (κ2) is 5.07. The molecule has 1 aromatic heterocycles. The van der Waals surface area contributed by atoms with Crippen LogP contribution in [-0.2, 0) is 11.2 Å². The van der Waals surface area contributed by atoms with Gasteiger partial charge in [0.05, 0.1) is 5.69 Å². The Labute approximate surface area is 87.1 Å². The molecule has 0 aliphatic carbocycles. The zero-order valence-electron chi connectivity index (χ0n) is 8.37. The summed E-state index contributed by atoms with van der Waals surface area (Å²) in [5, 5.41) is 1.08. The number of ether oxygens (including phenoxy) is 1. The van der Waals surface area contributed by atoms with Crippen LogP contribution in [0.3, 0.4) is 0 Å². The molecule has 1 heterocycles. The summed E-state index contributed by atoms with van der Waals surface area (Å²) >= 11 is 1.23. The second-order valence-electron chi connectivity index (χ2n) is 2.74. The van der Waals surface area contributed by atoms with E-state index in [-0.39, 0.29) is 12.4 Å². The Morgan fingerprint density at radius 3 is 2.79 bits per heavy atom. The van der Waals surface area contributed by atoms with Crippen molar-refractivity contribution in [3.8, 4) is 0 Å². The molecule has 0 atom stereocenters. The minimum Gasteiger partial charge on any atom is -0.389 e. The van der Waals surface area contributed by atoms with E-state index in [1.165, 1.54) is 11.3 Å². The van der Waals surface area contributed by atoms with Crippen molar-refractivity contribution in [2.75, 3.05) is 18.9 Å². The van der Waals surface area contributed by atoms with E-state index >= 15 is 0 Å². The molecule has 4 nitrogen and oxygen atoms in total. The topological polar surface area (TPSA) is 65.2 Å². The first kappa shape index (κ1) is 11.1. The molecule has 78 valence electrons. The van der Waals surface area contributed by atoms with E-state index < -0.39 is 0 Å². The van der Waals surface area contributed by atoms with E-state index in [0.29, 0.717) is 16.6 Å². The second-order valence-corrected chi connectivity index (χ2v) is 3.77. The van der Waals surface area contributed by atoms with Gasteiger partial charge in [-0.05, 0) is 13.3 Å². The van der Waals surface area contributed by atoms with Crippen LogP contribution in [0.2, 0.25) is 0 Å². The van der Waals surface area contributed by atoms with Crippen LogP contribution in [0.5, 0.6) is 0 Å². The van der Waals surface area contributed by atoms with Gasteiger partial charge in [0.15, 0.2) is 5.01 Å². The van der Waals surface area contributed by atoms with E-state index in [9.17, 15) is 4.79 Å². The van der Waals surface area contributed by atoms with Crippen molar-refractivity contribution in [2.24, 2.45) is 0 Å². The molecule has 2 N–H and O–H groups in total. The normalized spacial score (nSPS) is 10.4. The Hall–Kier alpha value is -0.940. The number of thiazole rings is 1.